The summed E-state index contributed by atoms with van der Waals surface area (Å²) in [5.74, 6) is -0.653. The van der Waals surface area contributed by atoms with Crippen molar-refractivity contribution in [3.8, 4) is 0 Å². The maximum atomic E-state index is 13.0. The van der Waals surface area contributed by atoms with Crippen LogP contribution in [0, 0.1) is 5.82 Å². The Balaban J connectivity index is 2.42. The number of aromatic amines is 1. The Hall–Kier alpha value is -1.42. The second-order valence-corrected chi connectivity index (χ2v) is 3.99. The van der Waals surface area contributed by atoms with Gasteiger partial charge in [-0.1, -0.05) is 15.9 Å². The number of ketones is 1. The lowest BCUT2D eigenvalue weighted by Gasteiger charge is -2.00. The van der Waals surface area contributed by atoms with E-state index >= 15 is 0 Å². The van der Waals surface area contributed by atoms with Crippen LogP contribution in [0.5, 0.6) is 0 Å². The smallest absolute Gasteiger partial charge is 0.209 e. The summed E-state index contributed by atoms with van der Waals surface area (Å²) in [4.78, 5) is 14.6. The Kier molecular flexibility index (Phi) is 2.68. The average Bonchev–Trinajstić information content (AvgIpc) is 2.67. The minimum Gasteiger partial charge on any atom is -0.359 e. The van der Waals surface area contributed by atoms with E-state index in [2.05, 4.69) is 20.9 Å². The van der Waals surface area contributed by atoms with Crippen LogP contribution in [0.4, 0.5) is 4.39 Å². The van der Waals surface area contributed by atoms with Crippen molar-refractivity contribution in [3.63, 3.8) is 0 Å². The third-order valence-corrected chi connectivity index (χ3v) is 2.43. The summed E-state index contributed by atoms with van der Waals surface area (Å²) < 4.78 is 13.6. The van der Waals surface area contributed by atoms with E-state index in [1.807, 2.05) is 0 Å². The number of benzene rings is 1. The zero-order valence-corrected chi connectivity index (χ0v) is 9.21. The molecular weight excluding hydrogens is 261 g/mol. The van der Waals surface area contributed by atoms with Gasteiger partial charge in [0.05, 0.1) is 5.69 Å². The van der Waals surface area contributed by atoms with Gasteiger partial charge in [-0.3, -0.25) is 4.79 Å². The molecule has 1 heterocycles. The Labute approximate surface area is 94.3 Å². The lowest BCUT2D eigenvalue weighted by Crippen LogP contribution is -2.02. The highest BCUT2D eigenvalue weighted by atomic mass is 79.9. The molecule has 0 spiro atoms. The molecule has 0 saturated heterocycles. The third kappa shape index (κ3) is 2.15. The average molecular weight is 268 g/mol. The maximum absolute atomic E-state index is 13.0. The van der Waals surface area contributed by atoms with Crippen molar-refractivity contribution < 1.29 is 9.18 Å². The molecule has 1 aromatic carbocycles. The quantitative estimate of drug-likeness (QED) is 0.834. The van der Waals surface area contributed by atoms with Crippen molar-refractivity contribution in [2.75, 3.05) is 0 Å². The van der Waals surface area contributed by atoms with Gasteiger partial charge in [0.1, 0.15) is 5.82 Å². The number of rotatable bonds is 2. The molecule has 0 aliphatic rings. The van der Waals surface area contributed by atoms with E-state index in [1.165, 1.54) is 12.1 Å². The van der Waals surface area contributed by atoms with E-state index in [-0.39, 0.29) is 5.78 Å². The fourth-order valence-electron chi connectivity index (χ4n) is 1.31. The van der Waals surface area contributed by atoms with Crippen molar-refractivity contribution in [2.24, 2.45) is 0 Å². The largest absolute Gasteiger partial charge is 0.359 e. The molecule has 0 fully saturated rings. The Morgan fingerprint density at radius 3 is 2.73 bits per heavy atom. The molecule has 0 aliphatic heterocycles. The minimum absolute atomic E-state index is 0.222. The topological polar surface area (TPSA) is 32.9 Å². The molecule has 1 aromatic heterocycles. The van der Waals surface area contributed by atoms with Crippen LogP contribution < -0.4 is 0 Å². The highest BCUT2D eigenvalue weighted by Gasteiger charge is 2.11. The number of hydrogen-bond acceptors (Lipinski definition) is 1. The standard InChI is InChI=1S/C11H7BrFNO/c12-8-4-7(5-9(13)6-8)11(15)10-2-1-3-14-10/h1-6,14H. The number of carbonyl (C=O) groups is 1. The van der Waals surface area contributed by atoms with Gasteiger partial charge < -0.3 is 4.98 Å². The summed E-state index contributed by atoms with van der Waals surface area (Å²) in [5.41, 5.74) is 0.775. The highest BCUT2D eigenvalue weighted by molar-refractivity contribution is 9.10. The normalized spacial score (nSPS) is 10.3. The van der Waals surface area contributed by atoms with Crippen LogP contribution in [0.3, 0.4) is 0 Å². The Morgan fingerprint density at radius 1 is 1.33 bits per heavy atom. The predicted octanol–water partition coefficient (Wildman–Crippen LogP) is 3.15. The van der Waals surface area contributed by atoms with Gasteiger partial charge in [-0.2, -0.15) is 0 Å². The van der Waals surface area contributed by atoms with Crippen LogP contribution in [0.25, 0.3) is 0 Å². The molecule has 76 valence electrons. The summed E-state index contributed by atoms with van der Waals surface area (Å²) in [5, 5.41) is 0. The molecule has 1 N–H and O–H groups in total. The van der Waals surface area contributed by atoms with Gasteiger partial charge in [-0.15, -0.1) is 0 Å². The van der Waals surface area contributed by atoms with E-state index in [9.17, 15) is 9.18 Å². The maximum Gasteiger partial charge on any atom is 0.209 e. The zero-order valence-electron chi connectivity index (χ0n) is 7.63. The molecule has 0 radical (unpaired) electrons. The molecule has 15 heavy (non-hydrogen) atoms. The van der Waals surface area contributed by atoms with Gasteiger partial charge in [0.2, 0.25) is 5.78 Å². The van der Waals surface area contributed by atoms with Gasteiger partial charge in [-0.05, 0) is 30.3 Å². The van der Waals surface area contributed by atoms with Crippen molar-refractivity contribution in [2.45, 2.75) is 0 Å². The fourth-order valence-corrected chi connectivity index (χ4v) is 1.78. The number of nitrogens with one attached hydrogen (secondary N) is 1. The first kappa shape index (κ1) is 10.1. The van der Waals surface area contributed by atoms with Crippen LogP contribution in [-0.4, -0.2) is 10.8 Å². The molecule has 4 heteroatoms. The first-order valence-electron chi connectivity index (χ1n) is 4.31. The highest BCUT2D eigenvalue weighted by Crippen LogP contribution is 2.17. The second-order valence-electron chi connectivity index (χ2n) is 3.07. The van der Waals surface area contributed by atoms with Crippen molar-refractivity contribution in [3.05, 3.63) is 58.1 Å². The first-order valence-corrected chi connectivity index (χ1v) is 5.10. The van der Waals surface area contributed by atoms with E-state index in [0.717, 1.165) is 0 Å². The summed E-state index contributed by atoms with van der Waals surface area (Å²) in [7, 11) is 0. The molecule has 0 saturated carbocycles. The third-order valence-electron chi connectivity index (χ3n) is 1.97. The van der Waals surface area contributed by atoms with Crippen LogP contribution >= 0.6 is 15.9 Å². The second kappa shape index (κ2) is 3.98. The predicted molar refractivity (Wildman–Crippen MR) is 58.3 cm³/mol. The lowest BCUT2D eigenvalue weighted by atomic mass is 10.1. The van der Waals surface area contributed by atoms with Crippen molar-refractivity contribution in [1.29, 1.82) is 0 Å². The lowest BCUT2D eigenvalue weighted by molar-refractivity contribution is 0.103. The van der Waals surface area contributed by atoms with Crippen molar-refractivity contribution >= 4 is 21.7 Å². The van der Waals surface area contributed by atoms with E-state index in [0.29, 0.717) is 15.7 Å². The van der Waals surface area contributed by atoms with Gasteiger partial charge >= 0.3 is 0 Å². The number of halogens is 2. The number of aromatic nitrogens is 1. The molecular formula is C11H7BrFNO. The Bertz CT molecular complexity index is 473. The van der Waals surface area contributed by atoms with Gasteiger partial charge in [0.25, 0.3) is 0 Å². The molecule has 2 aromatic rings. The van der Waals surface area contributed by atoms with Crippen molar-refractivity contribution in [1.82, 2.24) is 4.98 Å². The monoisotopic (exact) mass is 267 g/mol. The molecule has 0 aliphatic carbocycles. The van der Waals surface area contributed by atoms with Gasteiger partial charge in [-0.25, -0.2) is 4.39 Å². The SMILES string of the molecule is O=C(c1cc(F)cc(Br)c1)c1ccc[nH]1. The summed E-state index contributed by atoms with van der Waals surface area (Å²) in [6, 6.07) is 7.49. The van der Waals surface area contributed by atoms with Crippen LogP contribution in [-0.2, 0) is 0 Å². The van der Waals surface area contributed by atoms with Crippen LogP contribution in [0.2, 0.25) is 0 Å². The fraction of sp³-hybridized carbons (Fsp3) is 0. The van der Waals surface area contributed by atoms with Crippen LogP contribution in [0.1, 0.15) is 16.1 Å². The summed E-state index contributed by atoms with van der Waals surface area (Å²) >= 11 is 3.14. The minimum atomic E-state index is -0.431. The molecule has 0 unspecified atom stereocenters. The number of carbonyl (C=O) groups excluding carboxylic acids is 1. The molecule has 2 nitrogen and oxygen atoms in total. The molecule has 0 atom stereocenters. The van der Waals surface area contributed by atoms with E-state index in [4.69, 9.17) is 0 Å². The first-order chi connectivity index (χ1) is 7.16. The summed E-state index contributed by atoms with van der Waals surface area (Å²) in [6.07, 6.45) is 1.65. The summed E-state index contributed by atoms with van der Waals surface area (Å²) in [6.45, 7) is 0. The number of hydrogen-bond donors (Lipinski definition) is 1. The van der Waals surface area contributed by atoms with Gasteiger partial charge in [0.15, 0.2) is 0 Å². The molecule has 2 rings (SSSR count). The van der Waals surface area contributed by atoms with E-state index in [1.54, 1.807) is 24.4 Å². The van der Waals surface area contributed by atoms with Gasteiger partial charge in [0, 0.05) is 16.2 Å². The zero-order chi connectivity index (χ0) is 10.8. The molecule has 0 amide bonds. The molecule has 0 bridgehead atoms. The van der Waals surface area contributed by atoms with E-state index < -0.39 is 5.82 Å². The van der Waals surface area contributed by atoms with Crippen LogP contribution in [0.15, 0.2) is 41.0 Å². The Morgan fingerprint density at radius 2 is 2.13 bits per heavy atom. The number of H-pyrrole nitrogens is 1.